The molecule has 2 fully saturated rings. The summed E-state index contributed by atoms with van der Waals surface area (Å²) in [5.74, 6) is 0.436. The highest BCUT2D eigenvalue weighted by Gasteiger charge is 2.42. The lowest BCUT2D eigenvalue weighted by Gasteiger charge is -2.32. The summed E-state index contributed by atoms with van der Waals surface area (Å²) in [4.78, 5) is 6.72. The van der Waals surface area contributed by atoms with E-state index in [-0.39, 0.29) is 12.1 Å². The monoisotopic (exact) mass is 525 g/mol. The lowest BCUT2D eigenvalue weighted by Crippen LogP contribution is -2.31. The zero-order valence-corrected chi connectivity index (χ0v) is 22.1. The number of methoxy groups -OCH3 is 1. The van der Waals surface area contributed by atoms with Crippen LogP contribution in [0.1, 0.15) is 61.6 Å². The van der Waals surface area contributed by atoms with E-state index in [1.165, 1.54) is 26.4 Å². The molecule has 1 aliphatic heterocycles. The first-order valence-corrected chi connectivity index (χ1v) is 14.5. The highest BCUT2D eigenvalue weighted by atomic mass is 32.2. The van der Waals surface area contributed by atoms with Gasteiger partial charge in [0.25, 0.3) is 0 Å². The zero-order chi connectivity index (χ0) is 25.3. The Hall–Kier alpha value is -3.11. The molecular weight excluding hydrogens is 494 g/mol. The van der Waals surface area contributed by atoms with Gasteiger partial charge in [0.2, 0.25) is 10.0 Å². The van der Waals surface area contributed by atoms with Crippen LogP contribution in [0.2, 0.25) is 0 Å². The largest absolute Gasteiger partial charge is 0.495 e. The van der Waals surface area contributed by atoms with Crippen molar-refractivity contribution in [1.82, 2.24) is 14.9 Å². The third-order valence-corrected chi connectivity index (χ3v) is 7.84. The first kappa shape index (κ1) is 24.6. The molecule has 1 aromatic carbocycles. The van der Waals surface area contributed by atoms with Gasteiger partial charge in [0.1, 0.15) is 11.8 Å². The van der Waals surface area contributed by atoms with Crippen molar-refractivity contribution in [3.05, 3.63) is 72.3 Å². The molecule has 1 saturated carbocycles. The van der Waals surface area contributed by atoms with Gasteiger partial charge in [-0.25, -0.2) is 8.42 Å². The smallest absolute Gasteiger partial charge is 0.229 e. The molecule has 190 valence electrons. The molecule has 2 atom stereocenters. The minimum absolute atomic E-state index is 0.177. The number of hydrogen-bond donors (Lipinski definition) is 2. The van der Waals surface area contributed by atoms with Crippen molar-refractivity contribution in [2.24, 2.45) is 0 Å². The molecule has 36 heavy (non-hydrogen) atoms. The van der Waals surface area contributed by atoms with Crippen molar-refractivity contribution in [3.63, 3.8) is 0 Å². The molecular formula is C26H31N5O3S2. The average Bonchev–Trinajstić information content (AvgIpc) is 3.48. The quantitative estimate of drug-likeness (QED) is 0.422. The number of nitrogens with zero attached hydrogens (tertiary/aromatic N) is 3. The maximum atomic E-state index is 12.0. The van der Waals surface area contributed by atoms with Crippen LogP contribution < -0.4 is 19.7 Å². The molecule has 0 spiro atoms. The lowest BCUT2D eigenvalue weighted by atomic mass is 9.94. The van der Waals surface area contributed by atoms with Gasteiger partial charge in [-0.05, 0) is 67.5 Å². The van der Waals surface area contributed by atoms with Crippen LogP contribution in [0.25, 0.3) is 0 Å². The van der Waals surface area contributed by atoms with E-state index in [1.807, 2.05) is 24.3 Å². The Morgan fingerprint density at radius 1 is 1.11 bits per heavy atom. The summed E-state index contributed by atoms with van der Waals surface area (Å²) in [5.41, 5.74) is 3.17. The molecule has 8 nitrogen and oxygen atoms in total. The number of ether oxygens (including phenoxy) is 1. The second kappa shape index (κ2) is 10.1. The van der Waals surface area contributed by atoms with E-state index >= 15 is 0 Å². The first-order chi connectivity index (χ1) is 17.4. The SMILES string of the molecule is COc1ccc(N2C(=S)N[C@H](c3ccccn3)[C@H]2c2cccn2C2CCCCC2)cc1NS(C)(=O)=O. The van der Waals surface area contributed by atoms with E-state index in [4.69, 9.17) is 17.0 Å². The Kier molecular flexibility index (Phi) is 6.90. The van der Waals surface area contributed by atoms with Crippen molar-refractivity contribution in [1.29, 1.82) is 0 Å². The number of hydrogen-bond acceptors (Lipinski definition) is 5. The number of thiocarbonyl (C=S) groups is 1. The topological polar surface area (TPSA) is 88.5 Å². The molecule has 2 N–H and O–H groups in total. The number of rotatable bonds is 7. The third-order valence-electron chi connectivity index (χ3n) is 6.94. The summed E-state index contributed by atoms with van der Waals surface area (Å²) in [6.45, 7) is 0. The Bertz CT molecular complexity index is 1340. The van der Waals surface area contributed by atoms with Crippen LogP contribution in [-0.4, -0.2) is 36.4 Å². The van der Waals surface area contributed by atoms with Crippen molar-refractivity contribution in [3.8, 4) is 5.75 Å². The van der Waals surface area contributed by atoms with Crippen molar-refractivity contribution < 1.29 is 13.2 Å². The molecule has 1 aliphatic carbocycles. The average molecular weight is 526 g/mol. The molecule has 0 unspecified atom stereocenters. The summed E-state index contributed by atoms with van der Waals surface area (Å²) in [7, 11) is -1.99. The van der Waals surface area contributed by atoms with Gasteiger partial charge < -0.3 is 19.5 Å². The predicted molar refractivity (Wildman–Crippen MR) is 146 cm³/mol. The number of anilines is 2. The summed E-state index contributed by atoms with van der Waals surface area (Å²) in [6.07, 6.45) is 11.2. The van der Waals surface area contributed by atoms with Crippen molar-refractivity contribution in [2.75, 3.05) is 23.0 Å². The number of nitrogens with one attached hydrogen (secondary N) is 2. The Balaban J connectivity index is 1.62. The van der Waals surface area contributed by atoms with Gasteiger partial charge >= 0.3 is 0 Å². The molecule has 2 aromatic heterocycles. The maximum Gasteiger partial charge on any atom is 0.229 e. The normalized spacial score (nSPS) is 20.8. The van der Waals surface area contributed by atoms with Gasteiger partial charge in [0, 0.05) is 29.8 Å². The van der Waals surface area contributed by atoms with E-state index < -0.39 is 10.0 Å². The van der Waals surface area contributed by atoms with Gasteiger partial charge in [-0.1, -0.05) is 25.3 Å². The highest BCUT2D eigenvalue weighted by Crippen LogP contribution is 2.44. The van der Waals surface area contributed by atoms with E-state index in [2.05, 4.69) is 42.8 Å². The fourth-order valence-electron chi connectivity index (χ4n) is 5.41. The molecule has 0 amide bonds. The number of benzene rings is 1. The second-order valence-electron chi connectivity index (χ2n) is 9.39. The minimum Gasteiger partial charge on any atom is -0.495 e. The fourth-order valence-corrected chi connectivity index (χ4v) is 6.31. The standard InChI is InChI=1S/C26H31N5O3S2/c1-34-23-14-13-19(17-21(23)29-36(2,32)33)31-25(24(28-26(31)35)20-11-6-7-15-27-20)22-12-8-16-30(22)18-9-4-3-5-10-18/h6-8,11-18,24-25,29H,3-5,9-10H2,1-2H3,(H,28,35)/t24-,25-/m1/s1. The van der Waals surface area contributed by atoms with E-state index in [0.29, 0.717) is 22.6 Å². The van der Waals surface area contributed by atoms with Crippen LogP contribution in [0.4, 0.5) is 11.4 Å². The van der Waals surface area contributed by atoms with Crippen LogP contribution in [0, 0.1) is 0 Å². The van der Waals surface area contributed by atoms with E-state index in [9.17, 15) is 8.42 Å². The zero-order valence-electron chi connectivity index (χ0n) is 20.4. The van der Waals surface area contributed by atoms with Gasteiger partial charge in [-0.2, -0.15) is 0 Å². The Labute approximate surface area is 217 Å². The fraction of sp³-hybridized carbons (Fsp3) is 0.385. The van der Waals surface area contributed by atoms with Crippen LogP contribution in [0.5, 0.6) is 5.75 Å². The van der Waals surface area contributed by atoms with Crippen molar-refractivity contribution in [2.45, 2.75) is 50.2 Å². The van der Waals surface area contributed by atoms with E-state index in [0.717, 1.165) is 36.2 Å². The van der Waals surface area contributed by atoms with Gasteiger partial charge in [-0.3, -0.25) is 9.71 Å². The number of sulfonamides is 1. The maximum absolute atomic E-state index is 12.0. The van der Waals surface area contributed by atoms with Gasteiger partial charge in [0.15, 0.2) is 5.11 Å². The molecule has 1 saturated heterocycles. The van der Waals surface area contributed by atoms with E-state index in [1.54, 1.807) is 18.3 Å². The summed E-state index contributed by atoms with van der Waals surface area (Å²) in [5, 5.41) is 4.05. The van der Waals surface area contributed by atoms with Gasteiger partial charge in [-0.15, -0.1) is 0 Å². The molecule has 10 heteroatoms. The minimum atomic E-state index is -3.51. The third kappa shape index (κ3) is 4.92. The molecule has 2 aliphatic rings. The first-order valence-electron chi connectivity index (χ1n) is 12.2. The highest BCUT2D eigenvalue weighted by molar-refractivity contribution is 7.92. The Morgan fingerprint density at radius 2 is 1.92 bits per heavy atom. The molecule has 3 aromatic rings. The van der Waals surface area contributed by atoms with Crippen molar-refractivity contribution >= 4 is 38.7 Å². The number of pyridine rings is 1. The predicted octanol–water partition coefficient (Wildman–Crippen LogP) is 4.95. The summed E-state index contributed by atoms with van der Waals surface area (Å²) >= 11 is 5.87. The number of aromatic nitrogens is 2. The van der Waals surface area contributed by atoms with Gasteiger partial charge in [0.05, 0.1) is 30.8 Å². The lowest BCUT2D eigenvalue weighted by molar-refractivity contribution is 0.340. The van der Waals surface area contributed by atoms with Crippen LogP contribution in [0.15, 0.2) is 60.9 Å². The van der Waals surface area contributed by atoms with Crippen LogP contribution in [0.3, 0.4) is 0 Å². The summed E-state index contributed by atoms with van der Waals surface area (Å²) in [6, 6.07) is 15.7. The van der Waals surface area contributed by atoms with Crippen LogP contribution >= 0.6 is 12.2 Å². The second-order valence-corrected chi connectivity index (χ2v) is 11.5. The molecule has 0 bridgehead atoms. The molecule has 0 radical (unpaired) electrons. The molecule has 3 heterocycles. The van der Waals surface area contributed by atoms with Crippen LogP contribution in [-0.2, 0) is 10.0 Å². The summed E-state index contributed by atoms with van der Waals surface area (Å²) < 4.78 is 34.5. The Morgan fingerprint density at radius 3 is 2.61 bits per heavy atom. The molecule has 5 rings (SSSR count).